The highest BCUT2D eigenvalue weighted by atomic mass is 14.9. The summed E-state index contributed by atoms with van der Waals surface area (Å²) >= 11 is 0. The van der Waals surface area contributed by atoms with Crippen molar-refractivity contribution >= 4 is 22.8 Å². The van der Waals surface area contributed by atoms with Crippen molar-refractivity contribution in [1.82, 2.24) is 4.98 Å². The van der Waals surface area contributed by atoms with Crippen molar-refractivity contribution < 1.29 is 0 Å². The molecule has 0 amide bonds. The molecule has 7 aromatic rings. The molecular weight excluding hydrogens is 679 g/mol. The quantitative estimate of drug-likeness (QED) is 0.168. The van der Waals surface area contributed by atoms with E-state index in [4.69, 9.17) is 15.0 Å². The van der Waals surface area contributed by atoms with Crippen molar-refractivity contribution in [2.24, 2.45) is 9.98 Å². The van der Waals surface area contributed by atoms with Crippen LogP contribution in [0.4, 0.5) is 11.4 Å². The lowest BCUT2D eigenvalue weighted by atomic mass is 9.87. The molecule has 2 aliphatic rings. The summed E-state index contributed by atoms with van der Waals surface area (Å²) in [6.07, 6.45) is 5.91. The minimum atomic E-state index is 0.884. The third-order valence-electron chi connectivity index (χ3n) is 11.5. The second-order valence-corrected chi connectivity index (χ2v) is 15.7. The number of para-hydroxylation sites is 2. The maximum atomic E-state index is 5.65. The van der Waals surface area contributed by atoms with Gasteiger partial charge in [-0.25, -0.2) is 15.0 Å². The SMILES string of the molecule is Cc1ccc(-c2cccc(-c3ccc(C)cc3)c2N=C2CCCc3cc4c(nc32)C(=Nc2c(-c3ccc(C)cc3)cccc2-c2ccc(C)cc2)CCC4)cc1. The topological polar surface area (TPSA) is 37.6 Å². The molecule has 0 atom stereocenters. The summed E-state index contributed by atoms with van der Waals surface area (Å²) in [6.45, 7) is 8.56. The van der Waals surface area contributed by atoms with E-state index in [1.807, 2.05) is 0 Å². The van der Waals surface area contributed by atoms with Gasteiger partial charge in [0.15, 0.2) is 0 Å². The van der Waals surface area contributed by atoms with E-state index in [9.17, 15) is 0 Å². The molecule has 0 saturated heterocycles. The average molecular weight is 726 g/mol. The van der Waals surface area contributed by atoms with E-state index < -0.39 is 0 Å². The van der Waals surface area contributed by atoms with Crippen LogP contribution in [0.5, 0.6) is 0 Å². The molecule has 6 aromatic carbocycles. The Hall–Kier alpha value is -6.19. The summed E-state index contributed by atoms with van der Waals surface area (Å²) in [5, 5.41) is 0. The van der Waals surface area contributed by atoms with E-state index >= 15 is 0 Å². The van der Waals surface area contributed by atoms with Crippen LogP contribution in [0.15, 0.2) is 150 Å². The van der Waals surface area contributed by atoms with E-state index in [0.717, 1.165) is 95.0 Å². The molecule has 0 N–H and O–H groups in total. The number of hydrogen-bond donors (Lipinski definition) is 0. The highest BCUT2D eigenvalue weighted by Gasteiger charge is 2.26. The minimum absolute atomic E-state index is 0.884. The van der Waals surface area contributed by atoms with Crippen molar-refractivity contribution in [2.45, 2.75) is 66.2 Å². The third kappa shape index (κ3) is 7.06. The Labute approximate surface area is 331 Å². The van der Waals surface area contributed by atoms with Gasteiger partial charge in [0.1, 0.15) is 0 Å². The van der Waals surface area contributed by atoms with Crippen LogP contribution in [0.2, 0.25) is 0 Å². The van der Waals surface area contributed by atoms with Gasteiger partial charge in [0.05, 0.1) is 34.2 Å². The Morgan fingerprint density at radius 3 is 0.982 bits per heavy atom. The molecule has 0 radical (unpaired) electrons. The molecule has 3 nitrogen and oxygen atoms in total. The number of aromatic nitrogens is 1. The van der Waals surface area contributed by atoms with Crippen LogP contribution in [0.1, 0.15) is 70.5 Å². The fraction of sp³-hybridized carbons (Fsp3) is 0.189. The number of hydrogen-bond acceptors (Lipinski definition) is 3. The number of pyridine rings is 1. The van der Waals surface area contributed by atoms with Crippen LogP contribution < -0.4 is 0 Å². The highest BCUT2D eigenvalue weighted by Crippen LogP contribution is 2.43. The van der Waals surface area contributed by atoms with E-state index in [0.29, 0.717) is 0 Å². The summed E-state index contributed by atoms with van der Waals surface area (Å²) < 4.78 is 0. The molecule has 9 rings (SSSR count). The van der Waals surface area contributed by atoms with Crippen molar-refractivity contribution in [2.75, 3.05) is 0 Å². The molecule has 2 aliphatic carbocycles. The molecule has 274 valence electrons. The van der Waals surface area contributed by atoms with Crippen molar-refractivity contribution in [3.8, 4) is 44.5 Å². The molecule has 3 heteroatoms. The fourth-order valence-electron chi connectivity index (χ4n) is 8.29. The van der Waals surface area contributed by atoms with E-state index in [1.165, 1.54) is 55.6 Å². The van der Waals surface area contributed by atoms with Crippen LogP contribution in [-0.4, -0.2) is 16.4 Å². The van der Waals surface area contributed by atoms with Gasteiger partial charge in [0, 0.05) is 22.3 Å². The van der Waals surface area contributed by atoms with Gasteiger partial charge in [0.2, 0.25) is 0 Å². The molecule has 0 spiro atoms. The first-order chi connectivity index (χ1) is 27.4. The van der Waals surface area contributed by atoms with Gasteiger partial charge >= 0.3 is 0 Å². The lowest BCUT2D eigenvalue weighted by Gasteiger charge is -2.24. The van der Waals surface area contributed by atoms with Crippen LogP contribution in [0.25, 0.3) is 44.5 Å². The average Bonchev–Trinajstić information content (AvgIpc) is 3.22. The maximum absolute atomic E-state index is 5.65. The normalized spacial score (nSPS) is 15.1. The minimum Gasteiger partial charge on any atom is -0.250 e. The first kappa shape index (κ1) is 35.5. The number of benzene rings is 6. The number of fused-ring (bicyclic) bond motifs is 2. The monoisotopic (exact) mass is 725 g/mol. The Kier molecular flexibility index (Phi) is 9.61. The first-order valence-electron chi connectivity index (χ1n) is 20.1. The van der Waals surface area contributed by atoms with Crippen molar-refractivity contribution in [3.63, 3.8) is 0 Å². The maximum Gasteiger partial charge on any atom is 0.0884 e. The summed E-state index contributed by atoms with van der Waals surface area (Å²) in [5.41, 5.74) is 23.0. The summed E-state index contributed by atoms with van der Waals surface area (Å²) in [7, 11) is 0. The van der Waals surface area contributed by atoms with E-state index in [2.05, 4.69) is 167 Å². The van der Waals surface area contributed by atoms with Gasteiger partial charge in [-0.3, -0.25) is 0 Å². The first-order valence-corrected chi connectivity index (χ1v) is 20.1. The number of rotatable bonds is 6. The predicted molar refractivity (Wildman–Crippen MR) is 236 cm³/mol. The molecule has 56 heavy (non-hydrogen) atoms. The zero-order valence-corrected chi connectivity index (χ0v) is 32.9. The molecule has 1 aromatic heterocycles. The summed E-state index contributed by atoms with van der Waals surface area (Å²) in [6, 6.07) is 50.9. The third-order valence-corrected chi connectivity index (χ3v) is 11.5. The van der Waals surface area contributed by atoms with Crippen molar-refractivity contribution in [3.05, 3.63) is 184 Å². The van der Waals surface area contributed by atoms with E-state index in [-0.39, 0.29) is 0 Å². The zero-order valence-electron chi connectivity index (χ0n) is 32.9. The molecule has 0 aliphatic heterocycles. The number of aliphatic imine (C=N–C) groups is 2. The van der Waals surface area contributed by atoms with Gasteiger partial charge in [-0.2, -0.15) is 0 Å². The van der Waals surface area contributed by atoms with Gasteiger partial charge in [-0.1, -0.05) is 162 Å². The Balaban J connectivity index is 1.21. The second kappa shape index (κ2) is 15.2. The predicted octanol–water partition coefficient (Wildman–Crippen LogP) is 13.9. The number of aryl methyl sites for hydroxylation is 6. The standard InChI is InChI=1S/C53H47N3/c1-34-17-25-38(26-18-34)44-11-7-12-45(39-27-19-35(2)20-28-39)52(44)54-48-15-5-9-42-33-43-10-6-16-49(51(43)56-50(42)48)55-53-46(40-29-21-36(3)22-30-40)13-8-14-47(53)41-31-23-37(4)24-32-41/h7-8,11-14,17-33H,5-6,9-10,15-16H2,1-4H3. The second-order valence-electron chi connectivity index (χ2n) is 15.7. The zero-order chi connectivity index (χ0) is 38.2. The lowest BCUT2D eigenvalue weighted by Crippen LogP contribution is -2.21. The summed E-state index contributed by atoms with van der Waals surface area (Å²) in [5.74, 6) is 0. The fourth-order valence-corrected chi connectivity index (χ4v) is 8.29. The number of nitrogens with zero attached hydrogens (tertiary/aromatic N) is 3. The largest absolute Gasteiger partial charge is 0.250 e. The lowest BCUT2D eigenvalue weighted by molar-refractivity contribution is 0.792. The highest BCUT2D eigenvalue weighted by molar-refractivity contribution is 6.09. The molecule has 1 heterocycles. The van der Waals surface area contributed by atoms with Gasteiger partial charge in [0.25, 0.3) is 0 Å². The van der Waals surface area contributed by atoms with Crippen LogP contribution in [0, 0.1) is 27.7 Å². The van der Waals surface area contributed by atoms with Gasteiger partial charge in [-0.05, 0) is 99.6 Å². The van der Waals surface area contributed by atoms with Gasteiger partial charge in [-0.15, -0.1) is 0 Å². The molecule has 0 saturated carbocycles. The molecule has 0 bridgehead atoms. The Morgan fingerprint density at radius 1 is 0.375 bits per heavy atom. The Bertz CT molecular complexity index is 2320. The van der Waals surface area contributed by atoms with Crippen LogP contribution in [-0.2, 0) is 12.8 Å². The molecular formula is C53H47N3. The van der Waals surface area contributed by atoms with Crippen LogP contribution in [0.3, 0.4) is 0 Å². The molecule has 0 fully saturated rings. The summed E-state index contributed by atoms with van der Waals surface area (Å²) in [4.78, 5) is 16.9. The smallest absolute Gasteiger partial charge is 0.0884 e. The van der Waals surface area contributed by atoms with Crippen LogP contribution >= 0.6 is 0 Å². The van der Waals surface area contributed by atoms with Gasteiger partial charge < -0.3 is 0 Å². The Morgan fingerprint density at radius 2 is 0.679 bits per heavy atom. The molecule has 0 unspecified atom stereocenters. The van der Waals surface area contributed by atoms with E-state index in [1.54, 1.807) is 0 Å². The van der Waals surface area contributed by atoms with Crippen molar-refractivity contribution in [1.29, 1.82) is 0 Å².